The topological polar surface area (TPSA) is 73.8 Å². The molecule has 3 aromatic carbocycles. The lowest BCUT2D eigenvalue weighted by Gasteiger charge is -2.30. The van der Waals surface area contributed by atoms with E-state index in [1.165, 1.54) is 0 Å². The predicted molar refractivity (Wildman–Crippen MR) is 140 cm³/mol. The lowest BCUT2D eigenvalue weighted by Crippen LogP contribution is -2.26. The van der Waals surface area contributed by atoms with Crippen molar-refractivity contribution >= 4 is 40.5 Å². The fourth-order valence-electron chi connectivity index (χ4n) is 4.56. The standard InChI is InChI=1S/C26H18Cl3N7/c1-35-15-30-13-23(35)26(29,17-5-8-19(27)9-6-17)18-7-10-22-21(12-18)25(16-3-2-4-20(28)11-16)31-14-24-32-33-34-36(22)24/h2-13,15H,14H2,1H3. The molecule has 1 aliphatic heterocycles. The molecule has 7 nitrogen and oxygen atoms in total. The van der Waals surface area contributed by atoms with Gasteiger partial charge in [-0.2, -0.15) is 4.68 Å². The second kappa shape index (κ2) is 8.85. The Balaban J connectivity index is 1.62. The number of halogens is 3. The summed E-state index contributed by atoms with van der Waals surface area (Å²) < 4.78 is 3.63. The maximum atomic E-state index is 7.58. The van der Waals surface area contributed by atoms with Crippen molar-refractivity contribution in [1.29, 1.82) is 0 Å². The van der Waals surface area contributed by atoms with E-state index in [0.29, 0.717) is 22.4 Å². The second-order valence-electron chi connectivity index (χ2n) is 8.47. The summed E-state index contributed by atoms with van der Waals surface area (Å²) in [5.74, 6) is 0.641. The minimum atomic E-state index is -1.06. The van der Waals surface area contributed by atoms with E-state index in [4.69, 9.17) is 39.8 Å². The van der Waals surface area contributed by atoms with Gasteiger partial charge >= 0.3 is 0 Å². The van der Waals surface area contributed by atoms with Crippen LogP contribution in [0, 0.1) is 0 Å². The summed E-state index contributed by atoms with van der Waals surface area (Å²) in [6, 6.07) is 21.1. The van der Waals surface area contributed by atoms with Gasteiger partial charge in [0, 0.05) is 28.2 Å². The highest BCUT2D eigenvalue weighted by molar-refractivity contribution is 6.31. The molecule has 0 bridgehead atoms. The van der Waals surface area contributed by atoms with Crippen LogP contribution in [-0.2, 0) is 18.5 Å². The highest BCUT2D eigenvalue weighted by Gasteiger charge is 2.38. The number of hydrogen-bond acceptors (Lipinski definition) is 5. The van der Waals surface area contributed by atoms with Crippen molar-refractivity contribution < 1.29 is 0 Å². The van der Waals surface area contributed by atoms with Crippen LogP contribution in [0.15, 0.2) is 84.2 Å². The molecular formula is C26H18Cl3N7. The summed E-state index contributed by atoms with van der Waals surface area (Å²) in [6.07, 6.45) is 3.51. The molecule has 1 aliphatic rings. The van der Waals surface area contributed by atoms with E-state index in [-0.39, 0.29) is 0 Å². The van der Waals surface area contributed by atoms with Gasteiger partial charge in [-0.25, -0.2) is 4.98 Å². The molecule has 2 aromatic heterocycles. The third-order valence-corrected chi connectivity index (χ3v) is 7.42. The summed E-state index contributed by atoms with van der Waals surface area (Å²) in [7, 11) is 1.92. The van der Waals surface area contributed by atoms with Gasteiger partial charge in [0.05, 0.1) is 29.6 Å². The molecule has 0 spiro atoms. The first kappa shape index (κ1) is 22.9. The third-order valence-electron chi connectivity index (χ3n) is 6.30. The van der Waals surface area contributed by atoms with Gasteiger partial charge in [0.25, 0.3) is 0 Å². The number of tetrazole rings is 1. The molecule has 6 rings (SSSR count). The van der Waals surface area contributed by atoms with Gasteiger partial charge in [-0.1, -0.05) is 53.5 Å². The molecule has 36 heavy (non-hydrogen) atoms. The Labute approximate surface area is 222 Å². The molecule has 0 radical (unpaired) electrons. The van der Waals surface area contributed by atoms with Crippen LogP contribution >= 0.6 is 34.8 Å². The van der Waals surface area contributed by atoms with Crippen LogP contribution in [0.5, 0.6) is 0 Å². The van der Waals surface area contributed by atoms with Crippen molar-refractivity contribution in [3.05, 3.63) is 123 Å². The number of aliphatic imine (C=N–C) groups is 1. The Kier molecular flexibility index (Phi) is 5.63. The Bertz CT molecular complexity index is 1620. The maximum absolute atomic E-state index is 7.58. The summed E-state index contributed by atoms with van der Waals surface area (Å²) in [5, 5.41) is 13.5. The molecule has 178 valence electrons. The molecule has 3 heterocycles. The number of benzene rings is 3. The quantitative estimate of drug-likeness (QED) is 0.282. The molecule has 1 unspecified atom stereocenters. The zero-order valence-electron chi connectivity index (χ0n) is 19.0. The fraction of sp³-hybridized carbons (Fsp3) is 0.115. The van der Waals surface area contributed by atoms with E-state index < -0.39 is 4.87 Å². The Morgan fingerprint density at radius 1 is 0.917 bits per heavy atom. The van der Waals surface area contributed by atoms with Crippen LogP contribution in [0.4, 0.5) is 0 Å². The molecule has 5 aromatic rings. The summed E-state index contributed by atoms with van der Waals surface area (Å²) >= 11 is 20.1. The largest absolute Gasteiger partial charge is 0.336 e. The first-order valence-electron chi connectivity index (χ1n) is 11.1. The van der Waals surface area contributed by atoms with E-state index in [2.05, 4.69) is 20.5 Å². The number of alkyl halides is 1. The van der Waals surface area contributed by atoms with Crippen LogP contribution in [0.25, 0.3) is 5.69 Å². The van der Waals surface area contributed by atoms with Crippen LogP contribution < -0.4 is 0 Å². The van der Waals surface area contributed by atoms with Gasteiger partial charge in [-0.05, 0) is 58.0 Å². The average molecular weight is 535 g/mol. The smallest absolute Gasteiger partial charge is 0.178 e. The number of aryl methyl sites for hydroxylation is 1. The molecule has 0 saturated carbocycles. The highest BCUT2D eigenvalue weighted by Crippen LogP contribution is 2.44. The number of fused-ring (bicyclic) bond motifs is 3. The molecule has 0 fully saturated rings. The van der Waals surface area contributed by atoms with Crippen molar-refractivity contribution in [2.24, 2.45) is 12.0 Å². The molecule has 1 atom stereocenters. The van der Waals surface area contributed by atoms with E-state index in [9.17, 15) is 0 Å². The minimum Gasteiger partial charge on any atom is -0.336 e. The van der Waals surface area contributed by atoms with Gasteiger partial charge in [0.2, 0.25) is 0 Å². The van der Waals surface area contributed by atoms with E-state index >= 15 is 0 Å². The van der Waals surface area contributed by atoms with Gasteiger partial charge in [-0.3, -0.25) is 4.99 Å². The van der Waals surface area contributed by atoms with Gasteiger partial charge in [-0.15, -0.1) is 16.7 Å². The van der Waals surface area contributed by atoms with E-state index in [0.717, 1.165) is 39.3 Å². The Hall–Kier alpha value is -3.52. The van der Waals surface area contributed by atoms with Crippen LogP contribution in [0.1, 0.15) is 33.8 Å². The molecule has 0 N–H and O–H groups in total. The zero-order chi connectivity index (χ0) is 24.9. The van der Waals surface area contributed by atoms with E-state index in [1.54, 1.807) is 17.2 Å². The Morgan fingerprint density at radius 2 is 1.72 bits per heavy atom. The predicted octanol–water partition coefficient (Wildman–Crippen LogP) is 5.58. The molecule has 0 amide bonds. The third kappa shape index (κ3) is 3.71. The summed E-state index contributed by atoms with van der Waals surface area (Å²) in [6.45, 7) is 0.323. The van der Waals surface area contributed by atoms with Crippen LogP contribution in [0.2, 0.25) is 10.0 Å². The summed E-state index contributed by atoms with van der Waals surface area (Å²) in [5.41, 5.74) is 5.78. The first-order chi connectivity index (χ1) is 17.4. The number of rotatable bonds is 4. The van der Waals surface area contributed by atoms with Crippen molar-refractivity contribution in [2.45, 2.75) is 11.4 Å². The number of nitrogens with zero attached hydrogens (tertiary/aromatic N) is 7. The number of aromatic nitrogens is 6. The molecular weight excluding hydrogens is 517 g/mol. The van der Waals surface area contributed by atoms with Crippen LogP contribution in [0.3, 0.4) is 0 Å². The lowest BCUT2D eigenvalue weighted by atomic mass is 9.85. The minimum absolute atomic E-state index is 0.323. The second-order valence-corrected chi connectivity index (χ2v) is 9.91. The van der Waals surface area contributed by atoms with Crippen molar-refractivity contribution in [1.82, 2.24) is 29.8 Å². The Morgan fingerprint density at radius 3 is 2.47 bits per heavy atom. The van der Waals surface area contributed by atoms with Crippen LogP contribution in [-0.4, -0.2) is 35.5 Å². The molecule has 0 aliphatic carbocycles. The van der Waals surface area contributed by atoms with Gasteiger partial charge in [0.15, 0.2) is 5.82 Å². The summed E-state index contributed by atoms with van der Waals surface area (Å²) in [4.78, 5) is 8.18. The fourth-order valence-corrected chi connectivity index (χ4v) is 5.31. The maximum Gasteiger partial charge on any atom is 0.178 e. The SMILES string of the molecule is Cn1cncc1C(Cl)(c1ccc(Cl)cc1)c1ccc2c(c1)C(c1cccc(Cl)c1)=NCc1nnnn1-2. The lowest BCUT2D eigenvalue weighted by molar-refractivity contribution is 0.742. The average Bonchev–Trinajstić information content (AvgIpc) is 3.50. The normalized spacial score (nSPS) is 14.4. The van der Waals surface area contributed by atoms with Crippen molar-refractivity contribution in [2.75, 3.05) is 0 Å². The van der Waals surface area contributed by atoms with Crippen molar-refractivity contribution in [3.63, 3.8) is 0 Å². The first-order valence-corrected chi connectivity index (χ1v) is 12.2. The number of imidazole rings is 1. The van der Waals surface area contributed by atoms with Gasteiger partial charge in [0.1, 0.15) is 11.4 Å². The van der Waals surface area contributed by atoms with Crippen molar-refractivity contribution in [3.8, 4) is 5.69 Å². The zero-order valence-corrected chi connectivity index (χ0v) is 21.2. The van der Waals surface area contributed by atoms with E-state index in [1.807, 2.05) is 78.3 Å². The molecule has 10 heteroatoms. The molecule has 0 saturated heterocycles. The highest BCUT2D eigenvalue weighted by atomic mass is 35.5. The number of hydrogen-bond donors (Lipinski definition) is 0. The van der Waals surface area contributed by atoms with Gasteiger partial charge < -0.3 is 4.57 Å². The monoisotopic (exact) mass is 533 g/mol.